The zero-order valence-electron chi connectivity index (χ0n) is 13.6. The van der Waals surface area contributed by atoms with E-state index in [-0.39, 0.29) is 5.78 Å². The maximum Gasteiger partial charge on any atom is 0.189 e. The van der Waals surface area contributed by atoms with Crippen LogP contribution >= 0.6 is 11.3 Å². The van der Waals surface area contributed by atoms with Gasteiger partial charge in [0.25, 0.3) is 0 Å². The summed E-state index contributed by atoms with van der Waals surface area (Å²) >= 11 is 1.65. The second-order valence-corrected chi connectivity index (χ2v) is 6.65. The number of hydrogen-bond acceptors (Lipinski definition) is 2. The lowest BCUT2D eigenvalue weighted by atomic mass is 9.86. The molecule has 0 aliphatic heterocycles. The maximum absolute atomic E-state index is 12.9. The minimum atomic E-state index is 0.143. The summed E-state index contributed by atoms with van der Waals surface area (Å²) in [5.41, 5.74) is 7.64. The number of ketones is 1. The van der Waals surface area contributed by atoms with Crippen LogP contribution < -0.4 is 0 Å². The molecule has 2 aromatic rings. The lowest BCUT2D eigenvalue weighted by Crippen LogP contribution is -2.10. The summed E-state index contributed by atoms with van der Waals surface area (Å²) in [5.74, 6) is 0.143. The molecular formula is C19H22OS. The normalized spacial score (nSPS) is 11.8. The summed E-state index contributed by atoms with van der Waals surface area (Å²) in [4.78, 5) is 14.0. The van der Waals surface area contributed by atoms with Gasteiger partial charge in [0, 0.05) is 10.4 Å². The summed E-state index contributed by atoms with van der Waals surface area (Å²) in [6.07, 6.45) is 1.98. The molecule has 0 bridgehead atoms. The topological polar surface area (TPSA) is 17.1 Å². The van der Waals surface area contributed by atoms with Gasteiger partial charge >= 0.3 is 0 Å². The third-order valence-electron chi connectivity index (χ3n) is 4.49. The summed E-state index contributed by atoms with van der Waals surface area (Å²) in [6, 6.07) is 4.04. The Morgan fingerprint density at radius 3 is 1.95 bits per heavy atom. The molecule has 110 valence electrons. The summed E-state index contributed by atoms with van der Waals surface area (Å²) in [5, 5.41) is 2.03. The number of thiophene rings is 1. The van der Waals surface area contributed by atoms with Gasteiger partial charge in [0.1, 0.15) is 0 Å². The highest BCUT2D eigenvalue weighted by Gasteiger charge is 2.19. The van der Waals surface area contributed by atoms with Crippen molar-refractivity contribution in [2.45, 2.75) is 41.5 Å². The fourth-order valence-electron chi connectivity index (χ4n) is 2.69. The molecule has 0 amide bonds. The van der Waals surface area contributed by atoms with Crippen molar-refractivity contribution in [2.75, 3.05) is 0 Å². The van der Waals surface area contributed by atoms with Crippen LogP contribution in [0.1, 0.15) is 50.0 Å². The molecule has 0 fully saturated rings. The van der Waals surface area contributed by atoms with Crippen LogP contribution in [-0.4, -0.2) is 5.78 Å². The van der Waals surface area contributed by atoms with E-state index in [0.717, 1.165) is 27.1 Å². The Labute approximate surface area is 131 Å². The molecule has 0 unspecified atom stereocenters. The zero-order chi connectivity index (χ0) is 15.7. The van der Waals surface area contributed by atoms with Crippen molar-refractivity contribution in [1.82, 2.24) is 0 Å². The fourth-order valence-corrected chi connectivity index (χ4v) is 3.41. The third kappa shape index (κ3) is 2.86. The van der Waals surface area contributed by atoms with Crippen LogP contribution in [0.3, 0.4) is 0 Å². The van der Waals surface area contributed by atoms with Gasteiger partial charge in [0.05, 0.1) is 0 Å². The fraction of sp³-hybridized carbons (Fsp3) is 0.316. The van der Waals surface area contributed by atoms with Crippen LogP contribution in [0, 0.1) is 34.6 Å². The number of carbonyl (C=O) groups excluding carboxylic acids is 1. The Balaban J connectivity index is 2.54. The standard InChI is InChI=1S/C19H22OS/c1-11(10-17-8-7-9-21-17)19(20)18-15(5)13(3)12(2)14(4)16(18)6/h7-10H,1-6H3. The molecule has 0 aliphatic carbocycles. The first-order valence-corrected chi connectivity index (χ1v) is 8.06. The van der Waals surface area contributed by atoms with Gasteiger partial charge in [-0.25, -0.2) is 0 Å². The predicted octanol–water partition coefficient (Wildman–Crippen LogP) is 5.58. The number of rotatable bonds is 3. The number of hydrogen-bond donors (Lipinski definition) is 0. The first-order chi connectivity index (χ1) is 9.84. The number of allylic oxidation sites excluding steroid dienone is 1. The average molecular weight is 298 g/mol. The summed E-state index contributed by atoms with van der Waals surface area (Å²) in [6.45, 7) is 12.4. The minimum absolute atomic E-state index is 0.143. The van der Waals surface area contributed by atoms with E-state index in [1.165, 1.54) is 16.7 Å². The molecule has 2 rings (SSSR count). The Morgan fingerprint density at radius 1 is 0.952 bits per heavy atom. The zero-order valence-corrected chi connectivity index (χ0v) is 14.4. The van der Waals surface area contributed by atoms with Crippen molar-refractivity contribution < 1.29 is 4.79 Å². The maximum atomic E-state index is 12.9. The highest BCUT2D eigenvalue weighted by molar-refractivity contribution is 7.10. The molecule has 0 spiro atoms. The number of benzene rings is 1. The molecule has 1 aromatic heterocycles. The van der Waals surface area contributed by atoms with E-state index in [1.54, 1.807) is 11.3 Å². The van der Waals surface area contributed by atoms with Crippen LogP contribution in [0.2, 0.25) is 0 Å². The third-order valence-corrected chi connectivity index (χ3v) is 5.31. The highest BCUT2D eigenvalue weighted by Crippen LogP contribution is 2.28. The molecule has 0 radical (unpaired) electrons. The van der Waals surface area contributed by atoms with Crippen LogP contribution in [0.15, 0.2) is 23.1 Å². The molecule has 1 nitrogen and oxygen atoms in total. The van der Waals surface area contributed by atoms with Crippen molar-refractivity contribution in [2.24, 2.45) is 0 Å². The summed E-state index contributed by atoms with van der Waals surface area (Å²) < 4.78 is 0. The Kier molecular flexibility index (Phi) is 4.48. The van der Waals surface area contributed by atoms with E-state index in [2.05, 4.69) is 34.6 Å². The van der Waals surface area contributed by atoms with E-state index in [1.807, 2.05) is 30.5 Å². The van der Waals surface area contributed by atoms with Gasteiger partial charge in [-0.3, -0.25) is 4.79 Å². The molecular weight excluding hydrogens is 276 g/mol. The molecule has 0 saturated carbocycles. The number of Topliss-reactive ketones (excluding diaryl/α,β-unsaturated/α-hetero) is 1. The molecule has 0 N–H and O–H groups in total. The van der Waals surface area contributed by atoms with Crippen LogP contribution in [-0.2, 0) is 0 Å². The molecule has 1 aromatic carbocycles. The van der Waals surface area contributed by atoms with Gasteiger partial charge in [-0.2, -0.15) is 0 Å². The first-order valence-electron chi connectivity index (χ1n) is 7.18. The van der Waals surface area contributed by atoms with Gasteiger partial charge < -0.3 is 0 Å². The van der Waals surface area contributed by atoms with Crippen molar-refractivity contribution in [3.8, 4) is 0 Å². The molecule has 0 aliphatic rings. The van der Waals surface area contributed by atoms with E-state index in [9.17, 15) is 4.79 Å². The van der Waals surface area contributed by atoms with Gasteiger partial charge in [0.2, 0.25) is 0 Å². The monoisotopic (exact) mass is 298 g/mol. The van der Waals surface area contributed by atoms with Crippen molar-refractivity contribution in [3.63, 3.8) is 0 Å². The van der Waals surface area contributed by atoms with Crippen molar-refractivity contribution >= 4 is 23.2 Å². The van der Waals surface area contributed by atoms with Gasteiger partial charge in [-0.1, -0.05) is 6.07 Å². The lowest BCUT2D eigenvalue weighted by molar-refractivity contribution is 0.103. The molecule has 0 atom stereocenters. The second kappa shape index (κ2) is 5.98. The Hall–Kier alpha value is -1.67. The van der Waals surface area contributed by atoms with Gasteiger partial charge in [-0.05, 0) is 92.5 Å². The van der Waals surface area contributed by atoms with Crippen LogP contribution in [0.25, 0.3) is 6.08 Å². The Morgan fingerprint density at radius 2 is 1.48 bits per heavy atom. The lowest BCUT2D eigenvalue weighted by Gasteiger charge is -2.18. The van der Waals surface area contributed by atoms with E-state index in [0.29, 0.717) is 0 Å². The summed E-state index contributed by atoms with van der Waals surface area (Å²) in [7, 11) is 0. The molecule has 21 heavy (non-hydrogen) atoms. The van der Waals surface area contributed by atoms with E-state index in [4.69, 9.17) is 0 Å². The Bertz CT molecular complexity index is 690. The largest absolute Gasteiger partial charge is 0.289 e. The molecule has 2 heteroatoms. The highest BCUT2D eigenvalue weighted by atomic mass is 32.1. The quantitative estimate of drug-likeness (QED) is 0.534. The van der Waals surface area contributed by atoms with Gasteiger partial charge in [-0.15, -0.1) is 11.3 Å². The first kappa shape index (κ1) is 15.7. The minimum Gasteiger partial charge on any atom is -0.289 e. The molecule has 1 heterocycles. The smallest absolute Gasteiger partial charge is 0.189 e. The second-order valence-electron chi connectivity index (χ2n) is 5.67. The SMILES string of the molecule is CC(=Cc1cccs1)C(=O)c1c(C)c(C)c(C)c(C)c1C. The van der Waals surface area contributed by atoms with E-state index >= 15 is 0 Å². The average Bonchev–Trinajstić information content (AvgIpc) is 2.96. The van der Waals surface area contributed by atoms with Crippen LogP contribution in [0.5, 0.6) is 0 Å². The predicted molar refractivity (Wildman–Crippen MR) is 92.4 cm³/mol. The van der Waals surface area contributed by atoms with E-state index < -0.39 is 0 Å². The van der Waals surface area contributed by atoms with Crippen LogP contribution in [0.4, 0.5) is 0 Å². The van der Waals surface area contributed by atoms with Crippen molar-refractivity contribution in [3.05, 3.63) is 61.3 Å². The van der Waals surface area contributed by atoms with Gasteiger partial charge in [0.15, 0.2) is 5.78 Å². The van der Waals surface area contributed by atoms with Crippen molar-refractivity contribution in [1.29, 1.82) is 0 Å². The molecule has 0 saturated heterocycles. The number of carbonyl (C=O) groups is 1.